The van der Waals surface area contributed by atoms with Crippen LogP contribution in [-0.2, 0) is 16.1 Å². The third-order valence-electron chi connectivity index (χ3n) is 6.35. The molecule has 13 heteroatoms. The van der Waals surface area contributed by atoms with Crippen LogP contribution in [0.25, 0.3) is 34.3 Å². The number of rotatable bonds is 8. The Hall–Kier alpha value is -4.52. The first kappa shape index (κ1) is 29.0. The van der Waals surface area contributed by atoms with Crippen LogP contribution in [0.15, 0.2) is 63.6 Å². The Balaban J connectivity index is 1.30. The lowest BCUT2D eigenvalue weighted by molar-refractivity contribution is -0.166. The van der Waals surface area contributed by atoms with E-state index in [0.717, 1.165) is 5.56 Å². The first-order valence-corrected chi connectivity index (χ1v) is 13.1. The zero-order valence-electron chi connectivity index (χ0n) is 23.1. The van der Waals surface area contributed by atoms with Crippen LogP contribution in [0.2, 0.25) is 0 Å². The molecule has 1 aliphatic rings. The lowest BCUT2D eigenvalue weighted by Crippen LogP contribution is -2.51. The number of benzene rings is 2. The molecule has 3 heterocycles. The number of carbonyl (C=O) groups excluding carboxylic acids is 2. The van der Waals surface area contributed by atoms with Crippen LogP contribution < -0.4 is 5.32 Å². The molecule has 1 aliphatic heterocycles. The van der Waals surface area contributed by atoms with Crippen molar-refractivity contribution in [1.29, 1.82) is 0 Å². The molecule has 0 unspecified atom stereocenters. The summed E-state index contributed by atoms with van der Waals surface area (Å²) in [5.41, 5.74) is 1.34. The fourth-order valence-corrected chi connectivity index (χ4v) is 4.39. The van der Waals surface area contributed by atoms with Gasteiger partial charge in [-0.05, 0) is 26.3 Å². The third-order valence-corrected chi connectivity index (χ3v) is 6.35. The molecular formula is C29H28F3N5O5. The summed E-state index contributed by atoms with van der Waals surface area (Å²) in [6.07, 6.45) is -4.61. The predicted molar refractivity (Wildman–Crippen MR) is 144 cm³/mol. The maximum absolute atomic E-state index is 12.9. The van der Waals surface area contributed by atoms with Gasteiger partial charge in [0.2, 0.25) is 11.6 Å². The predicted octanol–water partition coefficient (Wildman–Crippen LogP) is 5.12. The molecular weight excluding hydrogens is 555 g/mol. The Morgan fingerprint density at radius 1 is 0.976 bits per heavy atom. The van der Waals surface area contributed by atoms with E-state index >= 15 is 0 Å². The molecule has 2 aromatic carbocycles. The van der Waals surface area contributed by atoms with Gasteiger partial charge in [0, 0.05) is 30.8 Å². The summed E-state index contributed by atoms with van der Waals surface area (Å²) >= 11 is 0. The zero-order chi connectivity index (χ0) is 30.1. The van der Waals surface area contributed by atoms with Gasteiger partial charge in [0.25, 0.3) is 11.8 Å². The fourth-order valence-electron chi connectivity index (χ4n) is 4.39. The van der Waals surface area contributed by atoms with E-state index in [9.17, 15) is 22.8 Å². The molecule has 42 heavy (non-hydrogen) atoms. The van der Waals surface area contributed by atoms with Gasteiger partial charge in [0.15, 0.2) is 0 Å². The number of likely N-dealkylation sites (tertiary alicyclic amines) is 1. The fraction of sp³-hybridized carbons (Fsp3) is 0.345. The van der Waals surface area contributed by atoms with Crippen molar-refractivity contribution in [3.63, 3.8) is 0 Å². The van der Waals surface area contributed by atoms with Gasteiger partial charge < -0.3 is 19.1 Å². The van der Waals surface area contributed by atoms with Crippen molar-refractivity contribution in [3.8, 4) is 34.3 Å². The van der Waals surface area contributed by atoms with Crippen LogP contribution in [0.1, 0.15) is 36.7 Å². The molecule has 220 valence electrons. The summed E-state index contributed by atoms with van der Waals surface area (Å²) in [6.45, 7) is 5.88. The first-order valence-electron chi connectivity index (χ1n) is 13.1. The number of amides is 1. The van der Waals surface area contributed by atoms with Gasteiger partial charge in [-0.3, -0.25) is 14.5 Å². The molecule has 10 nitrogen and oxygen atoms in total. The van der Waals surface area contributed by atoms with E-state index in [-0.39, 0.29) is 40.6 Å². The number of aromatic nitrogens is 3. The Kier molecular flexibility index (Phi) is 7.87. The van der Waals surface area contributed by atoms with E-state index in [0.29, 0.717) is 30.8 Å². The average molecular weight is 584 g/mol. The second kappa shape index (κ2) is 11.4. The number of nitrogens with zero attached hydrogens (tertiary/aromatic N) is 4. The monoisotopic (exact) mass is 583 g/mol. The second-order valence-electron chi connectivity index (χ2n) is 10.9. The Labute approximate surface area is 238 Å². The normalized spacial score (nSPS) is 14.4. The topological polar surface area (TPSA) is 124 Å². The van der Waals surface area contributed by atoms with Crippen molar-refractivity contribution in [2.24, 2.45) is 5.92 Å². The van der Waals surface area contributed by atoms with Gasteiger partial charge in [-0.25, -0.2) is 0 Å². The van der Waals surface area contributed by atoms with Gasteiger partial charge in [-0.15, -0.1) is 0 Å². The Bertz CT molecular complexity index is 1550. The Morgan fingerprint density at radius 2 is 1.67 bits per heavy atom. The molecule has 0 bridgehead atoms. The van der Waals surface area contributed by atoms with E-state index in [1.807, 2.05) is 38.2 Å². The van der Waals surface area contributed by atoms with Crippen LogP contribution in [0.3, 0.4) is 0 Å². The van der Waals surface area contributed by atoms with E-state index in [4.69, 9.17) is 13.8 Å². The van der Waals surface area contributed by atoms with Crippen LogP contribution >= 0.6 is 0 Å². The maximum Gasteiger partial charge on any atom is 0.405 e. The van der Waals surface area contributed by atoms with Crippen molar-refractivity contribution in [2.45, 2.75) is 39.1 Å². The number of halogens is 3. The highest BCUT2D eigenvalue weighted by Gasteiger charge is 2.36. The number of alkyl halides is 3. The first-order chi connectivity index (χ1) is 19.9. The molecule has 2 aromatic heterocycles. The van der Waals surface area contributed by atoms with Gasteiger partial charge in [-0.2, -0.15) is 18.2 Å². The lowest BCUT2D eigenvalue weighted by Gasteiger charge is -2.38. The van der Waals surface area contributed by atoms with Crippen LogP contribution in [0, 0.1) is 5.92 Å². The highest BCUT2D eigenvalue weighted by molar-refractivity contribution is 6.04. The largest absolute Gasteiger partial charge is 0.460 e. The van der Waals surface area contributed by atoms with E-state index in [2.05, 4.69) is 20.2 Å². The smallest absolute Gasteiger partial charge is 0.405 e. The minimum Gasteiger partial charge on any atom is -0.460 e. The van der Waals surface area contributed by atoms with Crippen LogP contribution in [-0.4, -0.2) is 63.5 Å². The van der Waals surface area contributed by atoms with Crippen molar-refractivity contribution < 1.29 is 36.5 Å². The van der Waals surface area contributed by atoms with Crippen molar-refractivity contribution in [1.82, 2.24) is 25.5 Å². The SMILES string of the molecule is CC(C)(C)OC(=O)C1CN(Cc2ccc(-c3noc(-c4onc(-c5ccccc5)c4C(=O)NCC(F)(F)F)n3)cc2)C1. The molecule has 1 saturated heterocycles. The molecule has 1 amide bonds. The van der Waals surface area contributed by atoms with Crippen LogP contribution in [0.5, 0.6) is 0 Å². The number of carbonyl (C=O) groups is 2. The number of hydrogen-bond donors (Lipinski definition) is 1. The zero-order valence-corrected chi connectivity index (χ0v) is 23.1. The summed E-state index contributed by atoms with van der Waals surface area (Å²) in [6, 6.07) is 15.8. The van der Waals surface area contributed by atoms with E-state index in [1.54, 1.807) is 42.5 Å². The number of esters is 1. The summed E-state index contributed by atoms with van der Waals surface area (Å²) in [7, 11) is 0. The number of nitrogens with one attached hydrogen (secondary N) is 1. The van der Waals surface area contributed by atoms with Crippen molar-refractivity contribution in [3.05, 3.63) is 65.7 Å². The molecule has 0 saturated carbocycles. The summed E-state index contributed by atoms with van der Waals surface area (Å²) in [4.78, 5) is 31.5. The van der Waals surface area contributed by atoms with E-state index in [1.165, 1.54) is 0 Å². The maximum atomic E-state index is 12.9. The molecule has 0 atom stereocenters. The number of hydrogen-bond acceptors (Lipinski definition) is 9. The van der Waals surface area contributed by atoms with Gasteiger partial charge in [-0.1, -0.05) is 64.9 Å². The second-order valence-corrected chi connectivity index (χ2v) is 10.9. The average Bonchev–Trinajstić information content (AvgIpc) is 3.56. The van der Waals surface area contributed by atoms with Crippen molar-refractivity contribution >= 4 is 11.9 Å². The highest BCUT2D eigenvalue weighted by Crippen LogP contribution is 2.33. The molecule has 0 aliphatic carbocycles. The summed E-state index contributed by atoms with van der Waals surface area (Å²) in [5, 5.41) is 9.73. The quantitative estimate of drug-likeness (QED) is 0.281. The summed E-state index contributed by atoms with van der Waals surface area (Å²) < 4.78 is 54.5. The molecule has 0 spiro atoms. The molecule has 5 rings (SSSR count). The Morgan fingerprint density at radius 3 is 2.31 bits per heavy atom. The lowest BCUT2D eigenvalue weighted by atomic mass is 9.98. The van der Waals surface area contributed by atoms with Gasteiger partial charge >= 0.3 is 12.1 Å². The number of ether oxygens (including phenoxy) is 1. The molecule has 4 aromatic rings. The minimum atomic E-state index is -4.61. The molecule has 1 fully saturated rings. The van der Waals surface area contributed by atoms with E-state index < -0.39 is 24.2 Å². The molecule has 1 N–H and O–H groups in total. The van der Waals surface area contributed by atoms with Gasteiger partial charge in [0.1, 0.15) is 23.4 Å². The van der Waals surface area contributed by atoms with Gasteiger partial charge in [0.05, 0.1) is 5.92 Å². The minimum absolute atomic E-state index is 0.0364. The standard InChI is InChI=1S/C29H28F3N5O5/c1-28(2,3)40-27(39)20-14-37(15-20)13-17-9-11-19(12-10-17)24-34-26(42-36-24)23-21(25(38)33-16-29(30,31)32)22(35-41-23)18-7-5-4-6-8-18/h4-12,20H,13-16H2,1-3H3,(H,33,38). The summed E-state index contributed by atoms with van der Waals surface area (Å²) in [5.74, 6) is -1.65. The van der Waals surface area contributed by atoms with Crippen LogP contribution in [0.4, 0.5) is 13.2 Å². The van der Waals surface area contributed by atoms with Crippen molar-refractivity contribution in [2.75, 3.05) is 19.6 Å². The third kappa shape index (κ3) is 6.85. The molecule has 0 radical (unpaired) electrons. The highest BCUT2D eigenvalue weighted by atomic mass is 19.4.